The Kier molecular flexibility index (Phi) is 5.81. The molecule has 5 aromatic rings. The number of imidazole rings is 1. The first-order valence-electron chi connectivity index (χ1n) is 14.9. The van der Waals surface area contributed by atoms with Crippen molar-refractivity contribution in [3.05, 3.63) is 82.5 Å². The lowest BCUT2D eigenvalue weighted by molar-refractivity contribution is -0.632. The summed E-state index contributed by atoms with van der Waals surface area (Å²) in [5.41, 5.74) is 12.4. The second-order valence-corrected chi connectivity index (χ2v) is 14.1. The lowest BCUT2D eigenvalue weighted by atomic mass is 9.60. The van der Waals surface area contributed by atoms with E-state index in [1.807, 2.05) is 0 Å². The molecule has 2 aromatic heterocycles. The van der Waals surface area contributed by atoms with Gasteiger partial charge >= 0.3 is 0 Å². The van der Waals surface area contributed by atoms with Crippen LogP contribution in [0.5, 0.6) is 0 Å². The number of aromatic nitrogens is 2. The van der Waals surface area contributed by atoms with Crippen molar-refractivity contribution in [2.24, 2.45) is 18.9 Å². The van der Waals surface area contributed by atoms with E-state index in [0.717, 1.165) is 12.8 Å². The zero-order valence-corrected chi connectivity index (χ0v) is 25.7. The van der Waals surface area contributed by atoms with Gasteiger partial charge in [-0.05, 0) is 60.4 Å². The highest BCUT2D eigenvalue weighted by Gasteiger charge is 2.52. The van der Waals surface area contributed by atoms with Crippen molar-refractivity contribution in [2.75, 3.05) is 0 Å². The molecule has 1 aliphatic rings. The molecule has 6 rings (SSSR count). The third-order valence-electron chi connectivity index (χ3n) is 9.80. The molecule has 2 nitrogen and oxygen atoms in total. The van der Waals surface area contributed by atoms with E-state index in [9.17, 15) is 0 Å². The van der Waals surface area contributed by atoms with Gasteiger partial charge in [-0.15, -0.1) is 0 Å². The number of nitrogens with zero attached hydrogens (tertiary/aromatic N) is 2. The van der Waals surface area contributed by atoms with Crippen LogP contribution in [0, 0.1) is 18.8 Å². The number of hydrogen-bond donors (Lipinski definition) is 0. The minimum Gasteiger partial charge on any atom is -0.225 e. The van der Waals surface area contributed by atoms with Crippen LogP contribution in [-0.4, -0.2) is 4.40 Å². The van der Waals surface area contributed by atoms with Gasteiger partial charge in [0, 0.05) is 32.7 Å². The van der Waals surface area contributed by atoms with Crippen LogP contribution in [0.25, 0.3) is 38.6 Å². The molecule has 0 unspecified atom stereocenters. The fourth-order valence-electron chi connectivity index (χ4n) is 7.44. The van der Waals surface area contributed by atoms with Crippen LogP contribution in [0.15, 0.2) is 54.6 Å². The summed E-state index contributed by atoms with van der Waals surface area (Å²) in [5, 5.41) is 4.09. The van der Waals surface area contributed by atoms with Crippen LogP contribution >= 0.6 is 0 Å². The molecule has 0 bridgehead atoms. The van der Waals surface area contributed by atoms with Gasteiger partial charge in [-0.2, -0.15) is 4.40 Å². The van der Waals surface area contributed by atoms with E-state index in [-0.39, 0.29) is 10.8 Å². The molecular formula is C37H45N2+. The average Bonchev–Trinajstić information content (AvgIpc) is 3.16. The highest BCUT2D eigenvalue weighted by atomic mass is 15.1. The van der Waals surface area contributed by atoms with Crippen molar-refractivity contribution in [1.82, 2.24) is 4.40 Å². The van der Waals surface area contributed by atoms with E-state index in [4.69, 9.17) is 0 Å². The van der Waals surface area contributed by atoms with E-state index in [0.29, 0.717) is 11.8 Å². The SMILES string of the molecule is Cc1cccc2c3cccc4c3n3c(c(-c5cc(CC(C)C)cc(CC(C)C)c5)[n+](C)c3c12)C(C)(C)C4(C)C. The van der Waals surface area contributed by atoms with Crippen LogP contribution in [0.3, 0.4) is 0 Å². The third-order valence-corrected chi connectivity index (χ3v) is 9.80. The third kappa shape index (κ3) is 3.63. The molecule has 0 radical (unpaired) electrons. The number of fused-ring (bicyclic) bond motifs is 3. The zero-order chi connectivity index (χ0) is 28.0. The Hall–Kier alpha value is -3.13. The maximum absolute atomic E-state index is 2.65. The minimum atomic E-state index is -0.0869. The fourth-order valence-corrected chi connectivity index (χ4v) is 7.44. The number of para-hydroxylation sites is 1. The summed E-state index contributed by atoms with van der Waals surface area (Å²) in [5.74, 6) is 1.25. The molecule has 202 valence electrons. The van der Waals surface area contributed by atoms with Crippen LogP contribution < -0.4 is 4.57 Å². The molecule has 39 heavy (non-hydrogen) atoms. The minimum absolute atomic E-state index is 0.0383. The average molecular weight is 518 g/mol. The molecule has 0 fully saturated rings. The fraction of sp³-hybridized carbons (Fsp3) is 0.432. The van der Waals surface area contributed by atoms with Gasteiger partial charge < -0.3 is 0 Å². The first-order valence-corrected chi connectivity index (χ1v) is 14.9. The quantitative estimate of drug-likeness (QED) is 0.162. The van der Waals surface area contributed by atoms with E-state index in [1.165, 1.54) is 66.5 Å². The monoisotopic (exact) mass is 517 g/mol. The summed E-state index contributed by atoms with van der Waals surface area (Å²) in [6.45, 7) is 21.4. The molecule has 3 heterocycles. The molecule has 0 saturated heterocycles. The normalized spacial score (nSPS) is 16.0. The number of hydrogen-bond acceptors (Lipinski definition) is 0. The van der Waals surface area contributed by atoms with Gasteiger partial charge in [0.1, 0.15) is 5.52 Å². The van der Waals surface area contributed by atoms with Gasteiger partial charge in [0.2, 0.25) is 0 Å². The highest BCUT2D eigenvalue weighted by molar-refractivity contribution is 6.14. The van der Waals surface area contributed by atoms with Gasteiger partial charge in [0.25, 0.3) is 5.65 Å². The largest absolute Gasteiger partial charge is 0.295 e. The molecule has 0 saturated carbocycles. The number of pyridine rings is 1. The molecular weight excluding hydrogens is 472 g/mol. The molecule has 3 aromatic carbocycles. The summed E-state index contributed by atoms with van der Waals surface area (Å²) >= 11 is 0. The Morgan fingerprint density at radius 3 is 1.97 bits per heavy atom. The van der Waals surface area contributed by atoms with Gasteiger partial charge in [-0.1, -0.05) is 97.9 Å². The Bertz CT molecular complexity index is 1750. The maximum atomic E-state index is 2.65. The maximum Gasteiger partial charge on any atom is 0.295 e. The molecule has 0 aliphatic carbocycles. The van der Waals surface area contributed by atoms with Crippen LogP contribution in [0.1, 0.15) is 83.3 Å². The standard InChI is InChI=1S/C37H45N2/c1-22(2)17-25-19-26(18-23(3)4)21-27(20-25)32-34-37(8,9)36(6,7)30-16-12-15-29-28-14-11-13-24(5)31(28)35(38(32)10)39(34)33(29)30/h11-16,19-23H,17-18H2,1-10H3/q+1. The van der Waals surface area contributed by atoms with Gasteiger partial charge in [0.05, 0.1) is 12.4 Å². The first-order chi connectivity index (χ1) is 18.3. The van der Waals surface area contributed by atoms with E-state index >= 15 is 0 Å². The smallest absolute Gasteiger partial charge is 0.225 e. The summed E-state index contributed by atoms with van der Waals surface area (Å²) in [6.07, 6.45) is 2.21. The van der Waals surface area contributed by atoms with E-state index in [1.54, 1.807) is 0 Å². The summed E-state index contributed by atoms with van der Waals surface area (Å²) in [4.78, 5) is 0. The van der Waals surface area contributed by atoms with Crippen molar-refractivity contribution in [3.63, 3.8) is 0 Å². The second kappa shape index (κ2) is 8.68. The Balaban J connectivity index is 1.85. The van der Waals surface area contributed by atoms with Crippen LogP contribution in [-0.2, 0) is 30.7 Å². The Labute approximate surface area is 234 Å². The summed E-state index contributed by atoms with van der Waals surface area (Å²) in [7, 11) is 2.31. The molecule has 0 amide bonds. The molecule has 0 N–H and O–H groups in total. The Morgan fingerprint density at radius 2 is 1.36 bits per heavy atom. The summed E-state index contributed by atoms with van der Waals surface area (Å²) in [6, 6.07) is 21.2. The van der Waals surface area contributed by atoms with Crippen molar-refractivity contribution >= 4 is 27.3 Å². The molecule has 0 atom stereocenters. The van der Waals surface area contributed by atoms with Crippen molar-refractivity contribution in [1.29, 1.82) is 0 Å². The lowest BCUT2D eigenvalue weighted by Gasteiger charge is -2.43. The van der Waals surface area contributed by atoms with Crippen molar-refractivity contribution in [3.8, 4) is 11.3 Å². The molecule has 1 aliphatic heterocycles. The van der Waals surface area contributed by atoms with Crippen molar-refractivity contribution in [2.45, 2.75) is 86.0 Å². The van der Waals surface area contributed by atoms with E-state index in [2.05, 4.69) is 133 Å². The van der Waals surface area contributed by atoms with Gasteiger partial charge in [-0.3, -0.25) is 0 Å². The molecule has 0 spiro atoms. The van der Waals surface area contributed by atoms with Crippen molar-refractivity contribution < 1.29 is 4.57 Å². The molecule has 2 heteroatoms. The predicted molar refractivity (Wildman–Crippen MR) is 167 cm³/mol. The highest BCUT2D eigenvalue weighted by Crippen LogP contribution is 2.53. The van der Waals surface area contributed by atoms with Crippen LogP contribution in [0.4, 0.5) is 0 Å². The van der Waals surface area contributed by atoms with Crippen LogP contribution in [0.2, 0.25) is 0 Å². The Morgan fingerprint density at radius 1 is 0.769 bits per heavy atom. The zero-order valence-electron chi connectivity index (χ0n) is 25.7. The number of benzene rings is 3. The second-order valence-electron chi connectivity index (χ2n) is 14.1. The van der Waals surface area contributed by atoms with Gasteiger partial charge in [0.15, 0.2) is 11.4 Å². The lowest BCUT2D eigenvalue weighted by Crippen LogP contribution is -2.44. The summed E-state index contributed by atoms with van der Waals surface area (Å²) < 4.78 is 5.18. The topological polar surface area (TPSA) is 8.29 Å². The number of aryl methyl sites for hydroxylation is 2. The first kappa shape index (κ1) is 26.1. The van der Waals surface area contributed by atoms with E-state index < -0.39 is 0 Å². The predicted octanol–water partition coefficient (Wildman–Crippen LogP) is 9.01. The van der Waals surface area contributed by atoms with Gasteiger partial charge in [-0.25, -0.2) is 4.57 Å². The number of rotatable bonds is 5.